The van der Waals surface area contributed by atoms with Gasteiger partial charge in [-0.3, -0.25) is 0 Å². The molecule has 2 atom stereocenters. The lowest BCUT2D eigenvalue weighted by molar-refractivity contribution is 0.627. The van der Waals surface area contributed by atoms with E-state index in [0.717, 1.165) is 33.6 Å². The number of nitrogens with zero attached hydrogens (tertiary/aromatic N) is 2. The van der Waals surface area contributed by atoms with Crippen LogP contribution in [-0.4, -0.2) is 9.97 Å². The Balaban J connectivity index is 1.29. The van der Waals surface area contributed by atoms with Gasteiger partial charge in [-0.2, -0.15) is 0 Å². The van der Waals surface area contributed by atoms with E-state index >= 15 is 0 Å². The highest BCUT2D eigenvalue weighted by atomic mass is 14.9. The van der Waals surface area contributed by atoms with Gasteiger partial charge < -0.3 is 0 Å². The summed E-state index contributed by atoms with van der Waals surface area (Å²) in [4.78, 5) is 10.8. The van der Waals surface area contributed by atoms with Crippen molar-refractivity contribution in [3.05, 3.63) is 263 Å². The number of aromatic nitrogens is 2. The Morgan fingerprint density at radius 2 is 0.679 bits per heavy atom. The molecule has 2 unspecified atom stereocenters. The molecule has 1 aromatic heterocycles. The third-order valence-corrected chi connectivity index (χ3v) is 12.1. The monoisotopic (exact) mass is 712 g/mol. The van der Waals surface area contributed by atoms with Gasteiger partial charge in [0.1, 0.15) is 0 Å². The predicted octanol–water partition coefficient (Wildman–Crippen LogP) is 12.5. The molecule has 1 heterocycles. The van der Waals surface area contributed by atoms with Crippen molar-refractivity contribution < 1.29 is 0 Å². The Bertz CT molecular complexity index is 2850. The summed E-state index contributed by atoms with van der Waals surface area (Å²) in [7, 11) is 0. The first kappa shape index (κ1) is 32.3. The topological polar surface area (TPSA) is 25.8 Å². The Morgan fingerprint density at radius 1 is 0.286 bits per heavy atom. The summed E-state index contributed by atoms with van der Waals surface area (Å²) in [5, 5.41) is 0. The third-order valence-electron chi connectivity index (χ3n) is 12.1. The molecule has 0 N–H and O–H groups in total. The summed E-state index contributed by atoms with van der Waals surface area (Å²) in [6, 6.07) is 79.3. The summed E-state index contributed by atoms with van der Waals surface area (Å²) in [5.74, 6) is 0.698. The lowest BCUT2D eigenvalue weighted by Gasteiger charge is -2.50. The first-order chi connectivity index (χ1) is 27.8. The molecule has 2 heteroatoms. The molecule has 11 rings (SSSR count). The molecule has 0 amide bonds. The van der Waals surface area contributed by atoms with Crippen LogP contribution in [0.2, 0.25) is 0 Å². The van der Waals surface area contributed by atoms with Crippen LogP contribution in [0.5, 0.6) is 0 Å². The van der Waals surface area contributed by atoms with Gasteiger partial charge >= 0.3 is 0 Å². The fourth-order valence-electron chi connectivity index (χ4n) is 9.91. The molecule has 56 heavy (non-hydrogen) atoms. The number of hydrogen-bond acceptors (Lipinski definition) is 2. The molecule has 9 aromatic rings. The summed E-state index contributed by atoms with van der Waals surface area (Å²) in [5.41, 5.74) is 16.3. The maximum atomic E-state index is 5.42. The molecule has 0 spiro atoms. The van der Waals surface area contributed by atoms with Crippen LogP contribution in [0.4, 0.5) is 0 Å². The third kappa shape index (κ3) is 4.50. The van der Waals surface area contributed by atoms with Gasteiger partial charge in [0.15, 0.2) is 5.82 Å². The van der Waals surface area contributed by atoms with E-state index in [0.29, 0.717) is 5.82 Å². The van der Waals surface area contributed by atoms with Gasteiger partial charge in [0.2, 0.25) is 0 Å². The zero-order valence-corrected chi connectivity index (χ0v) is 30.7. The summed E-state index contributed by atoms with van der Waals surface area (Å²) >= 11 is 0. The van der Waals surface area contributed by atoms with E-state index in [1.165, 1.54) is 50.1 Å². The smallest absolute Gasteiger partial charge is 0.160 e. The van der Waals surface area contributed by atoms with Gasteiger partial charge in [-0.1, -0.05) is 212 Å². The Labute approximate surface area is 327 Å². The molecular formula is C54H36N2. The quantitative estimate of drug-likeness (QED) is 0.172. The van der Waals surface area contributed by atoms with Gasteiger partial charge in [-0.25, -0.2) is 9.97 Å². The first-order valence-corrected chi connectivity index (χ1v) is 19.3. The minimum absolute atomic E-state index is 0.516. The number of benzene rings is 8. The fraction of sp³-hybridized carbons (Fsp3) is 0.0370. The summed E-state index contributed by atoms with van der Waals surface area (Å²) in [6.07, 6.45) is 0. The summed E-state index contributed by atoms with van der Waals surface area (Å²) < 4.78 is 0. The Kier molecular flexibility index (Phi) is 7.33. The van der Waals surface area contributed by atoms with Crippen molar-refractivity contribution in [3.63, 3.8) is 0 Å². The van der Waals surface area contributed by atoms with E-state index in [4.69, 9.17) is 9.97 Å². The maximum Gasteiger partial charge on any atom is 0.160 e. The average Bonchev–Trinajstić information content (AvgIpc) is 3.60. The van der Waals surface area contributed by atoms with Crippen molar-refractivity contribution in [1.29, 1.82) is 0 Å². The van der Waals surface area contributed by atoms with Gasteiger partial charge in [0.05, 0.1) is 22.2 Å². The molecule has 0 bridgehead atoms. The van der Waals surface area contributed by atoms with Crippen LogP contribution in [0.15, 0.2) is 218 Å². The zero-order valence-electron chi connectivity index (χ0n) is 30.7. The first-order valence-electron chi connectivity index (χ1n) is 19.3. The molecule has 0 saturated carbocycles. The lowest BCUT2D eigenvalue weighted by Crippen LogP contribution is -2.44. The minimum Gasteiger partial charge on any atom is -0.228 e. The molecule has 2 nitrogen and oxygen atoms in total. The second kappa shape index (κ2) is 12.7. The van der Waals surface area contributed by atoms with Crippen molar-refractivity contribution in [2.75, 3.05) is 0 Å². The van der Waals surface area contributed by atoms with Crippen LogP contribution in [0.1, 0.15) is 44.5 Å². The maximum absolute atomic E-state index is 5.42. The van der Waals surface area contributed by atoms with E-state index in [-0.39, 0.29) is 0 Å². The molecular weight excluding hydrogens is 677 g/mol. The van der Waals surface area contributed by atoms with Crippen molar-refractivity contribution in [1.82, 2.24) is 9.97 Å². The van der Waals surface area contributed by atoms with E-state index in [1.807, 2.05) is 0 Å². The molecule has 0 saturated heterocycles. The van der Waals surface area contributed by atoms with Crippen LogP contribution < -0.4 is 0 Å². The van der Waals surface area contributed by atoms with Gasteiger partial charge in [-0.05, 0) is 61.7 Å². The molecule has 0 fully saturated rings. The Morgan fingerprint density at radius 3 is 1.25 bits per heavy atom. The van der Waals surface area contributed by atoms with Crippen molar-refractivity contribution in [2.24, 2.45) is 0 Å². The van der Waals surface area contributed by atoms with E-state index in [1.54, 1.807) is 0 Å². The highest BCUT2D eigenvalue weighted by Gasteiger charge is 2.58. The fourth-order valence-corrected chi connectivity index (χ4v) is 9.91. The van der Waals surface area contributed by atoms with Gasteiger partial charge in [-0.15, -0.1) is 0 Å². The molecule has 262 valence electrons. The van der Waals surface area contributed by atoms with Crippen molar-refractivity contribution in [3.8, 4) is 45.0 Å². The lowest BCUT2D eigenvalue weighted by atomic mass is 9.51. The normalized spacial score (nSPS) is 17.4. The van der Waals surface area contributed by atoms with Crippen LogP contribution in [0.3, 0.4) is 0 Å². The Hall–Kier alpha value is -7.16. The zero-order chi connectivity index (χ0) is 37.1. The number of fused-ring (bicyclic) bond motifs is 5. The van der Waals surface area contributed by atoms with Crippen molar-refractivity contribution in [2.45, 2.75) is 10.8 Å². The second-order valence-electron chi connectivity index (χ2n) is 14.8. The van der Waals surface area contributed by atoms with E-state index in [2.05, 4.69) is 218 Å². The highest BCUT2D eigenvalue weighted by Crippen LogP contribution is 2.66. The minimum atomic E-state index is -0.723. The molecule has 0 radical (unpaired) electrons. The van der Waals surface area contributed by atoms with Crippen LogP contribution in [0.25, 0.3) is 45.0 Å². The van der Waals surface area contributed by atoms with E-state index in [9.17, 15) is 0 Å². The molecule has 2 aliphatic carbocycles. The predicted molar refractivity (Wildman–Crippen MR) is 228 cm³/mol. The molecule has 2 aliphatic rings. The van der Waals surface area contributed by atoms with Crippen LogP contribution in [0, 0.1) is 0 Å². The van der Waals surface area contributed by atoms with Crippen LogP contribution >= 0.6 is 0 Å². The van der Waals surface area contributed by atoms with E-state index < -0.39 is 10.8 Å². The standard InChI is InChI=1S/C54H36N2/c1-5-20-37(21-6-1)49-36-50(38-22-7-2-8-23-38)56-52(55-49)43-29-14-16-32-45(43)53(39-24-9-3-10-25-39)46-33-17-18-34-47(46)54(40-26-11-4-12-27-40)44-31-15-13-28-41(44)42-30-19-35-48(53)51(42)54/h1-36H. The SMILES string of the molecule is c1ccc(-c2cc(-c3ccccc3)nc(-c3ccccc3C3(c4ccccc4)c4ccccc4C4(c5ccccc5)c5ccccc5-c5cccc3c54)n2)cc1. The van der Waals surface area contributed by atoms with Crippen molar-refractivity contribution >= 4 is 0 Å². The molecule has 8 aromatic carbocycles. The highest BCUT2D eigenvalue weighted by molar-refractivity contribution is 5.92. The molecule has 0 aliphatic heterocycles. The number of rotatable bonds is 6. The van der Waals surface area contributed by atoms with Gasteiger partial charge in [0, 0.05) is 16.7 Å². The van der Waals surface area contributed by atoms with Crippen LogP contribution in [-0.2, 0) is 10.8 Å². The average molecular weight is 713 g/mol. The van der Waals surface area contributed by atoms with Gasteiger partial charge in [0.25, 0.3) is 0 Å². The number of hydrogen-bond donors (Lipinski definition) is 0. The largest absolute Gasteiger partial charge is 0.228 e. The summed E-state index contributed by atoms with van der Waals surface area (Å²) in [6.45, 7) is 0. The second-order valence-corrected chi connectivity index (χ2v) is 14.8.